The normalized spacial score (nSPS) is 10.5. The first kappa shape index (κ1) is 11.8. The molecule has 0 saturated carbocycles. The van der Waals surface area contributed by atoms with Crippen LogP contribution in [-0.4, -0.2) is 0 Å². The van der Waals surface area contributed by atoms with E-state index in [1.165, 1.54) is 0 Å². The molecule has 0 heterocycles. The summed E-state index contributed by atoms with van der Waals surface area (Å²) in [6, 6.07) is 9.08. The number of hydrogen-bond donors (Lipinski definition) is 0. The minimum absolute atomic E-state index is 0. The molecule has 0 atom stereocenters. The lowest BCUT2D eigenvalue weighted by Crippen LogP contribution is -1.98. The van der Waals surface area contributed by atoms with Crippen molar-refractivity contribution < 1.29 is 0 Å². The van der Waals surface area contributed by atoms with Gasteiger partial charge in [0.25, 0.3) is 0 Å². The van der Waals surface area contributed by atoms with Crippen molar-refractivity contribution in [1.82, 2.24) is 0 Å². The van der Waals surface area contributed by atoms with Crippen LogP contribution in [0.3, 0.4) is 0 Å². The Balaban J connectivity index is 0.000001000. The van der Waals surface area contributed by atoms with E-state index in [2.05, 4.69) is 0 Å². The molecule has 0 N–H and O–H groups in total. The fourth-order valence-electron chi connectivity index (χ4n) is 0.627. The first-order chi connectivity index (χ1) is 4.61. The van der Waals surface area contributed by atoms with Crippen molar-refractivity contribution in [2.75, 3.05) is 0 Å². The van der Waals surface area contributed by atoms with E-state index < -0.39 is 3.79 Å². The topological polar surface area (TPSA) is 0 Å². The van der Waals surface area contributed by atoms with Gasteiger partial charge in [-0.15, -0.1) is 24.0 Å². The third-order valence-electron chi connectivity index (χ3n) is 1.10. The standard InChI is InChI=1S/C7H5Cl3.HI/c8-7(9,10)6-4-2-1-3-5-6;/h1-5H;1H. The lowest BCUT2D eigenvalue weighted by atomic mass is 10.2. The highest BCUT2D eigenvalue weighted by atomic mass is 127. The molecule has 0 fully saturated rings. The van der Waals surface area contributed by atoms with Crippen LogP contribution in [-0.2, 0) is 3.79 Å². The predicted octanol–water partition coefficient (Wildman–Crippen LogP) is 4.13. The van der Waals surface area contributed by atoms with E-state index in [-0.39, 0.29) is 24.0 Å². The van der Waals surface area contributed by atoms with Crippen LogP contribution < -0.4 is 0 Å². The molecule has 0 aliphatic rings. The summed E-state index contributed by atoms with van der Waals surface area (Å²) < 4.78 is -1.29. The zero-order valence-electron chi connectivity index (χ0n) is 5.43. The van der Waals surface area contributed by atoms with Crippen LogP contribution in [0.4, 0.5) is 0 Å². The van der Waals surface area contributed by atoms with Gasteiger partial charge in [0.1, 0.15) is 0 Å². The van der Waals surface area contributed by atoms with E-state index in [4.69, 9.17) is 34.8 Å². The Morgan fingerprint density at radius 2 is 1.36 bits per heavy atom. The Hall–Kier alpha value is 0.820. The number of alkyl halides is 3. The molecule has 0 spiro atoms. The van der Waals surface area contributed by atoms with Gasteiger partial charge in [-0.25, -0.2) is 0 Å². The molecule has 0 unspecified atom stereocenters. The smallest absolute Gasteiger partial charge is 0.107 e. The van der Waals surface area contributed by atoms with Crippen molar-refractivity contribution in [3.8, 4) is 0 Å². The summed E-state index contributed by atoms with van der Waals surface area (Å²) in [6.07, 6.45) is 0. The van der Waals surface area contributed by atoms with E-state index in [1.54, 1.807) is 12.1 Å². The Kier molecular flexibility index (Phi) is 5.10. The number of halogens is 4. The zero-order valence-corrected chi connectivity index (χ0v) is 10.0. The molecule has 4 heteroatoms. The zero-order chi connectivity index (χ0) is 7.61. The molecule has 0 aliphatic heterocycles. The fourth-order valence-corrected chi connectivity index (χ4v) is 1.01. The maximum Gasteiger partial charge on any atom is 0.216 e. The van der Waals surface area contributed by atoms with Crippen molar-refractivity contribution in [1.29, 1.82) is 0 Å². The van der Waals surface area contributed by atoms with E-state index in [0.717, 1.165) is 0 Å². The minimum Gasteiger partial charge on any atom is -0.107 e. The quantitative estimate of drug-likeness (QED) is 0.497. The van der Waals surface area contributed by atoms with Crippen LogP contribution >= 0.6 is 58.8 Å². The molecule has 1 aromatic carbocycles. The van der Waals surface area contributed by atoms with Gasteiger partial charge in [-0.3, -0.25) is 0 Å². The Labute approximate surface area is 97.8 Å². The van der Waals surface area contributed by atoms with Crippen molar-refractivity contribution in [3.05, 3.63) is 35.9 Å². The van der Waals surface area contributed by atoms with Gasteiger partial charge < -0.3 is 0 Å². The molecule has 11 heavy (non-hydrogen) atoms. The van der Waals surface area contributed by atoms with E-state index in [9.17, 15) is 0 Å². The van der Waals surface area contributed by atoms with Gasteiger partial charge in [-0.1, -0.05) is 65.1 Å². The molecule has 1 aromatic rings. The van der Waals surface area contributed by atoms with Crippen molar-refractivity contribution in [2.24, 2.45) is 0 Å². The average molecular weight is 323 g/mol. The molecule has 0 amide bonds. The average Bonchev–Trinajstić information content (AvgIpc) is 1.88. The first-order valence-electron chi connectivity index (χ1n) is 2.73. The summed E-state index contributed by atoms with van der Waals surface area (Å²) >= 11 is 16.8. The number of rotatable bonds is 0. The van der Waals surface area contributed by atoms with Gasteiger partial charge in [0, 0.05) is 5.56 Å². The van der Waals surface area contributed by atoms with Crippen LogP contribution in [0.25, 0.3) is 0 Å². The summed E-state index contributed by atoms with van der Waals surface area (Å²) in [5.74, 6) is 0. The van der Waals surface area contributed by atoms with Crippen LogP contribution in [0.2, 0.25) is 0 Å². The lowest BCUT2D eigenvalue weighted by molar-refractivity contribution is 1.24. The fraction of sp³-hybridized carbons (Fsp3) is 0.143. The molecule has 0 aliphatic carbocycles. The molecular weight excluding hydrogens is 317 g/mol. The third-order valence-corrected chi connectivity index (χ3v) is 1.76. The monoisotopic (exact) mass is 322 g/mol. The summed E-state index contributed by atoms with van der Waals surface area (Å²) in [5.41, 5.74) is 0.694. The molecular formula is C7H6Cl3I. The van der Waals surface area contributed by atoms with Gasteiger partial charge >= 0.3 is 0 Å². The summed E-state index contributed by atoms with van der Waals surface area (Å²) in [6.45, 7) is 0. The summed E-state index contributed by atoms with van der Waals surface area (Å²) in [5, 5.41) is 0. The number of benzene rings is 1. The third kappa shape index (κ3) is 3.83. The highest BCUT2D eigenvalue weighted by Gasteiger charge is 2.21. The summed E-state index contributed by atoms with van der Waals surface area (Å²) in [4.78, 5) is 0. The van der Waals surface area contributed by atoms with Gasteiger partial charge in [0.05, 0.1) is 0 Å². The van der Waals surface area contributed by atoms with Crippen LogP contribution in [0.15, 0.2) is 30.3 Å². The molecule has 0 radical (unpaired) electrons. The molecule has 0 nitrogen and oxygen atoms in total. The second-order valence-electron chi connectivity index (χ2n) is 1.86. The SMILES string of the molecule is ClC(Cl)(Cl)c1ccccc1.I. The highest BCUT2D eigenvalue weighted by Crippen LogP contribution is 2.37. The largest absolute Gasteiger partial charge is 0.216 e. The van der Waals surface area contributed by atoms with Crippen molar-refractivity contribution >= 4 is 58.8 Å². The molecule has 62 valence electrons. The van der Waals surface area contributed by atoms with Crippen molar-refractivity contribution in [2.45, 2.75) is 3.79 Å². The molecule has 0 aromatic heterocycles. The van der Waals surface area contributed by atoms with Crippen LogP contribution in [0.1, 0.15) is 5.56 Å². The van der Waals surface area contributed by atoms with Gasteiger partial charge in [-0.2, -0.15) is 0 Å². The minimum atomic E-state index is -1.29. The molecule has 0 saturated heterocycles. The second kappa shape index (κ2) is 4.75. The Morgan fingerprint density at radius 3 is 1.64 bits per heavy atom. The first-order valence-corrected chi connectivity index (χ1v) is 3.86. The van der Waals surface area contributed by atoms with E-state index in [1.807, 2.05) is 18.2 Å². The summed E-state index contributed by atoms with van der Waals surface area (Å²) in [7, 11) is 0. The maximum atomic E-state index is 5.59. The molecule has 1 rings (SSSR count). The highest BCUT2D eigenvalue weighted by molar-refractivity contribution is 14.0. The molecule has 0 bridgehead atoms. The predicted molar refractivity (Wildman–Crippen MR) is 61.1 cm³/mol. The maximum absolute atomic E-state index is 5.59. The van der Waals surface area contributed by atoms with Crippen LogP contribution in [0, 0.1) is 0 Å². The van der Waals surface area contributed by atoms with Gasteiger partial charge in [0.15, 0.2) is 0 Å². The van der Waals surface area contributed by atoms with Gasteiger partial charge in [0.2, 0.25) is 3.79 Å². The van der Waals surface area contributed by atoms with E-state index in [0.29, 0.717) is 5.56 Å². The van der Waals surface area contributed by atoms with Gasteiger partial charge in [-0.05, 0) is 0 Å². The second-order valence-corrected chi connectivity index (χ2v) is 4.15. The Bertz CT molecular complexity index is 205. The number of hydrogen-bond acceptors (Lipinski definition) is 0. The van der Waals surface area contributed by atoms with Crippen molar-refractivity contribution in [3.63, 3.8) is 0 Å². The van der Waals surface area contributed by atoms with E-state index >= 15 is 0 Å². The Morgan fingerprint density at radius 1 is 0.909 bits per heavy atom. The lowest BCUT2D eigenvalue weighted by Gasteiger charge is -2.09. The van der Waals surface area contributed by atoms with Crippen LogP contribution in [0.5, 0.6) is 0 Å².